The van der Waals surface area contributed by atoms with Gasteiger partial charge in [-0.3, -0.25) is 0 Å². The fourth-order valence-electron chi connectivity index (χ4n) is 2.48. The van der Waals surface area contributed by atoms with Crippen molar-refractivity contribution in [2.24, 2.45) is 0 Å². The van der Waals surface area contributed by atoms with Crippen molar-refractivity contribution < 1.29 is 14.9 Å². The Balaban J connectivity index is 2.51. The van der Waals surface area contributed by atoms with Crippen molar-refractivity contribution in [1.82, 2.24) is 0 Å². The van der Waals surface area contributed by atoms with Crippen LogP contribution < -0.4 is 15.4 Å². The molecule has 0 aliphatic rings. The van der Waals surface area contributed by atoms with Crippen LogP contribution in [-0.4, -0.2) is 43.6 Å². The molecule has 0 amide bonds. The summed E-state index contributed by atoms with van der Waals surface area (Å²) in [4.78, 5) is 1.89. The minimum atomic E-state index is 0.000194. The largest absolute Gasteiger partial charge is 0.496 e. The van der Waals surface area contributed by atoms with Crippen LogP contribution in [0.25, 0.3) is 11.1 Å². The second kappa shape index (κ2) is 8.06. The summed E-state index contributed by atoms with van der Waals surface area (Å²) in [7, 11) is 1.59. The summed E-state index contributed by atoms with van der Waals surface area (Å²) in [6.45, 7) is 0.855. The van der Waals surface area contributed by atoms with E-state index in [1.807, 2.05) is 17.0 Å². The molecule has 5 nitrogen and oxygen atoms in total. The molecule has 23 heavy (non-hydrogen) atoms. The number of nitrogens with zero attached hydrogens (tertiary/aromatic N) is 1. The van der Waals surface area contributed by atoms with Crippen molar-refractivity contribution in [1.29, 1.82) is 0 Å². The summed E-state index contributed by atoms with van der Waals surface area (Å²) in [6, 6.07) is 10.9. The molecule has 0 fully saturated rings. The highest BCUT2D eigenvalue weighted by atomic mass is 35.5. The number of hydrogen-bond donors (Lipinski definition) is 3. The van der Waals surface area contributed by atoms with E-state index in [0.29, 0.717) is 29.5 Å². The minimum Gasteiger partial charge on any atom is -0.496 e. The Morgan fingerprint density at radius 2 is 1.74 bits per heavy atom. The van der Waals surface area contributed by atoms with E-state index in [2.05, 4.69) is 0 Å². The van der Waals surface area contributed by atoms with Crippen molar-refractivity contribution in [3.8, 4) is 16.9 Å². The van der Waals surface area contributed by atoms with E-state index in [-0.39, 0.29) is 13.2 Å². The third-order valence-electron chi connectivity index (χ3n) is 3.59. The molecule has 0 bridgehead atoms. The normalized spacial score (nSPS) is 10.6. The monoisotopic (exact) mass is 336 g/mol. The van der Waals surface area contributed by atoms with Gasteiger partial charge in [0.15, 0.2) is 0 Å². The van der Waals surface area contributed by atoms with Gasteiger partial charge < -0.3 is 25.6 Å². The Kier molecular flexibility index (Phi) is 6.10. The smallest absolute Gasteiger partial charge is 0.126 e. The number of nitrogens with two attached hydrogens (primary N) is 1. The number of aliphatic hydroxyl groups excluding tert-OH is 2. The zero-order chi connectivity index (χ0) is 16.8. The van der Waals surface area contributed by atoms with Crippen molar-refractivity contribution in [2.75, 3.05) is 44.0 Å². The molecule has 0 aromatic heterocycles. The first-order valence-corrected chi connectivity index (χ1v) is 7.68. The van der Waals surface area contributed by atoms with Crippen LogP contribution in [0.4, 0.5) is 11.4 Å². The molecule has 0 saturated carbocycles. The number of rotatable bonds is 7. The number of halogens is 1. The number of nitrogen functional groups attached to an aromatic ring is 1. The topological polar surface area (TPSA) is 79.0 Å². The first-order valence-electron chi connectivity index (χ1n) is 7.30. The van der Waals surface area contributed by atoms with Crippen LogP contribution >= 0.6 is 11.6 Å². The van der Waals surface area contributed by atoms with E-state index in [0.717, 1.165) is 16.8 Å². The maximum Gasteiger partial charge on any atom is 0.126 e. The average Bonchev–Trinajstić information content (AvgIpc) is 2.55. The van der Waals surface area contributed by atoms with Gasteiger partial charge in [0.25, 0.3) is 0 Å². The molecule has 0 heterocycles. The van der Waals surface area contributed by atoms with E-state index in [4.69, 9.17) is 22.1 Å². The molecule has 0 saturated heterocycles. The van der Waals surface area contributed by atoms with Crippen LogP contribution in [0.3, 0.4) is 0 Å². The van der Waals surface area contributed by atoms with Gasteiger partial charge in [0.05, 0.1) is 20.3 Å². The number of methoxy groups -OCH3 is 1. The maximum atomic E-state index is 9.20. The summed E-state index contributed by atoms with van der Waals surface area (Å²) < 4.78 is 5.40. The maximum absolute atomic E-state index is 9.20. The van der Waals surface area contributed by atoms with Gasteiger partial charge in [0, 0.05) is 40.6 Å². The molecule has 2 rings (SSSR count). The molecule has 0 radical (unpaired) electrons. The highest BCUT2D eigenvalue weighted by Gasteiger charge is 2.13. The van der Waals surface area contributed by atoms with Gasteiger partial charge in [-0.05, 0) is 36.4 Å². The van der Waals surface area contributed by atoms with E-state index in [1.165, 1.54) is 0 Å². The predicted octanol–water partition coefficient (Wildman–Crippen LogP) is 2.39. The standard InChI is InChI=1S/C17H21ClN2O3/c1-23-17-5-2-12(18)10-15(17)14-11-13(3-4-16(14)19)20(6-8-21)7-9-22/h2-5,10-11,21-22H,6-9,19H2,1H3. The lowest BCUT2D eigenvalue weighted by Crippen LogP contribution is -2.29. The summed E-state index contributed by atoms with van der Waals surface area (Å²) in [6.07, 6.45) is 0. The zero-order valence-corrected chi connectivity index (χ0v) is 13.8. The molecular weight excluding hydrogens is 316 g/mol. The number of aliphatic hydroxyl groups is 2. The molecule has 124 valence electrons. The number of benzene rings is 2. The van der Waals surface area contributed by atoms with Crippen LogP contribution in [0.1, 0.15) is 0 Å². The number of ether oxygens (including phenoxy) is 1. The zero-order valence-electron chi connectivity index (χ0n) is 13.0. The van der Waals surface area contributed by atoms with Gasteiger partial charge in [-0.15, -0.1) is 0 Å². The lowest BCUT2D eigenvalue weighted by molar-refractivity contribution is 0.281. The Bertz CT molecular complexity index is 658. The molecule has 2 aromatic rings. The molecule has 0 atom stereocenters. The van der Waals surface area contributed by atoms with E-state index in [1.54, 1.807) is 31.4 Å². The first-order chi connectivity index (χ1) is 11.1. The quantitative estimate of drug-likeness (QED) is 0.677. The highest BCUT2D eigenvalue weighted by molar-refractivity contribution is 6.31. The molecule has 0 aliphatic heterocycles. The second-order valence-corrected chi connectivity index (χ2v) is 5.49. The second-order valence-electron chi connectivity index (χ2n) is 5.05. The Morgan fingerprint density at radius 3 is 2.35 bits per heavy atom. The summed E-state index contributed by atoms with van der Waals surface area (Å²) in [5.41, 5.74) is 9.18. The van der Waals surface area contributed by atoms with Crippen LogP contribution in [0.2, 0.25) is 5.02 Å². The predicted molar refractivity (Wildman–Crippen MR) is 94.2 cm³/mol. The van der Waals surface area contributed by atoms with Crippen LogP contribution in [0, 0.1) is 0 Å². The van der Waals surface area contributed by atoms with Gasteiger partial charge in [0.1, 0.15) is 5.75 Å². The molecule has 0 spiro atoms. The van der Waals surface area contributed by atoms with Crippen LogP contribution in [0.5, 0.6) is 5.75 Å². The fourth-order valence-corrected chi connectivity index (χ4v) is 2.65. The Morgan fingerprint density at radius 1 is 1.04 bits per heavy atom. The van der Waals surface area contributed by atoms with E-state index < -0.39 is 0 Å². The van der Waals surface area contributed by atoms with Crippen LogP contribution in [-0.2, 0) is 0 Å². The summed E-state index contributed by atoms with van der Waals surface area (Å²) in [5.74, 6) is 0.675. The van der Waals surface area contributed by atoms with Gasteiger partial charge >= 0.3 is 0 Å². The average molecular weight is 337 g/mol. The van der Waals surface area contributed by atoms with Crippen molar-refractivity contribution >= 4 is 23.0 Å². The number of hydrogen-bond acceptors (Lipinski definition) is 5. The molecule has 0 unspecified atom stereocenters. The van der Waals surface area contributed by atoms with Gasteiger partial charge in [0.2, 0.25) is 0 Å². The third kappa shape index (κ3) is 4.07. The lowest BCUT2D eigenvalue weighted by atomic mass is 10.0. The SMILES string of the molecule is COc1ccc(Cl)cc1-c1cc(N(CCO)CCO)ccc1N. The Labute approximate surface area is 140 Å². The van der Waals surface area contributed by atoms with Crippen molar-refractivity contribution in [3.63, 3.8) is 0 Å². The molecule has 2 aromatic carbocycles. The summed E-state index contributed by atoms with van der Waals surface area (Å²) in [5, 5.41) is 19.0. The fraction of sp³-hybridized carbons (Fsp3) is 0.294. The van der Waals surface area contributed by atoms with Gasteiger partial charge in [-0.25, -0.2) is 0 Å². The summed E-state index contributed by atoms with van der Waals surface area (Å²) >= 11 is 6.10. The van der Waals surface area contributed by atoms with Crippen molar-refractivity contribution in [3.05, 3.63) is 41.4 Å². The molecular formula is C17H21ClN2O3. The first kappa shape index (κ1) is 17.4. The Hall–Kier alpha value is -1.95. The molecule has 0 aliphatic carbocycles. The van der Waals surface area contributed by atoms with E-state index >= 15 is 0 Å². The molecule has 6 heteroatoms. The van der Waals surface area contributed by atoms with Crippen LogP contribution in [0.15, 0.2) is 36.4 Å². The third-order valence-corrected chi connectivity index (χ3v) is 3.83. The molecule has 4 N–H and O–H groups in total. The number of anilines is 2. The lowest BCUT2D eigenvalue weighted by Gasteiger charge is -2.24. The van der Waals surface area contributed by atoms with E-state index in [9.17, 15) is 10.2 Å². The minimum absolute atomic E-state index is 0.000194. The van der Waals surface area contributed by atoms with Gasteiger partial charge in [-0.2, -0.15) is 0 Å². The highest BCUT2D eigenvalue weighted by Crippen LogP contribution is 2.37. The van der Waals surface area contributed by atoms with Crippen molar-refractivity contribution in [2.45, 2.75) is 0 Å². The van der Waals surface area contributed by atoms with Gasteiger partial charge in [-0.1, -0.05) is 11.6 Å².